The Morgan fingerprint density at radius 3 is 2.50 bits per heavy atom. The lowest BCUT2D eigenvalue weighted by Crippen LogP contribution is -2.41. The summed E-state index contributed by atoms with van der Waals surface area (Å²) in [5.74, 6) is 0. The Morgan fingerprint density at radius 1 is 1.36 bits per heavy atom. The molecule has 0 saturated carbocycles. The van der Waals surface area contributed by atoms with Crippen LogP contribution in [0.15, 0.2) is 18.2 Å². The van der Waals surface area contributed by atoms with Crippen LogP contribution in [0.4, 0.5) is 10.5 Å². The Kier molecular flexibility index (Phi) is 6.20. The highest BCUT2D eigenvalue weighted by molar-refractivity contribution is 6.30. The van der Waals surface area contributed by atoms with Crippen LogP contribution in [-0.4, -0.2) is 37.1 Å². The van der Waals surface area contributed by atoms with Gasteiger partial charge >= 0.3 is 6.09 Å². The number of hydrogen-bond acceptors (Lipinski definition) is 4. The number of nitrogens with zero attached hydrogens (tertiary/aromatic N) is 2. The van der Waals surface area contributed by atoms with Crippen LogP contribution in [-0.2, 0) is 16.1 Å². The maximum absolute atomic E-state index is 11.7. The third kappa shape index (κ3) is 5.54. The van der Waals surface area contributed by atoms with Gasteiger partial charge in [-0.05, 0) is 39.0 Å². The SMILES string of the molecule is CN(C)N(C=O)c1ccc(Cl)cc1COC(=O)NC(C)(C)C. The average molecular weight is 328 g/mol. The number of anilines is 1. The summed E-state index contributed by atoms with van der Waals surface area (Å²) in [4.78, 5) is 23.0. The van der Waals surface area contributed by atoms with E-state index in [1.165, 1.54) is 5.01 Å². The monoisotopic (exact) mass is 327 g/mol. The first-order valence-corrected chi connectivity index (χ1v) is 7.17. The van der Waals surface area contributed by atoms with Crippen molar-refractivity contribution in [2.45, 2.75) is 32.9 Å². The number of alkyl carbamates (subject to hydrolysis) is 1. The van der Waals surface area contributed by atoms with E-state index in [0.717, 1.165) is 0 Å². The van der Waals surface area contributed by atoms with Gasteiger partial charge in [-0.15, -0.1) is 0 Å². The molecule has 0 bridgehead atoms. The van der Waals surface area contributed by atoms with Crippen LogP contribution in [0.3, 0.4) is 0 Å². The topological polar surface area (TPSA) is 61.9 Å². The Balaban J connectivity index is 2.92. The molecule has 1 aromatic carbocycles. The first-order valence-electron chi connectivity index (χ1n) is 6.79. The Labute approximate surface area is 135 Å². The molecule has 0 aromatic heterocycles. The zero-order chi connectivity index (χ0) is 16.9. The molecule has 2 amide bonds. The van der Waals surface area contributed by atoms with Gasteiger partial charge in [0.25, 0.3) is 0 Å². The van der Waals surface area contributed by atoms with Crippen LogP contribution < -0.4 is 10.3 Å². The van der Waals surface area contributed by atoms with E-state index < -0.39 is 6.09 Å². The van der Waals surface area contributed by atoms with E-state index in [2.05, 4.69) is 5.32 Å². The molecule has 0 aliphatic carbocycles. The van der Waals surface area contributed by atoms with Crippen molar-refractivity contribution >= 4 is 29.8 Å². The third-order valence-electron chi connectivity index (χ3n) is 2.65. The number of benzene rings is 1. The summed E-state index contributed by atoms with van der Waals surface area (Å²) < 4.78 is 5.20. The lowest BCUT2D eigenvalue weighted by molar-refractivity contribution is -0.109. The van der Waals surface area contributed by atoms with E-state index in [9.17, 15) is 9.59 Å². The maximum atomic E-state index is 11.7. The average Bonchev–Trinajstić information content (AvgIpc) is 2.37. The standard InChI is InChI=1S/C15H22ClN3O3/c1-15(2,3)17-14(21)22-9-11-8-12(16)6-7-13(11)19(10-20)18(4)5/h6-8,10H,9H2,1-5H3,(H,17,21). The second-order valence-corrected chi connectivity index (χ2v) is 6.46. The second kappa shape index (κ2) is 7.47. The lowest BCUT2D eigenvalue weighted by Gasteiger charge is -2.27. The maximum Gasteiger partial charge on any atom is 0.407 e. The minimum Gasteiger partial charge on any atom is -0.445 e. The highest BCUT2D eigenvalue weighted by Gasteiger charge is 2.17. The molecule has 0 atom stereocenters. The molecule has 0 aliphatic rings. The van der Waals surface area contributed by atoms with Crippen molar-refractivity contribution in [3.05, 3.63) is 28.8 Å². The highest BCUT2D eigenvalue weighted by Crippen LogP contribution is 2.25. The van der Waals surface area contributed by atoms with Gasteiger partial charge in [-0.3, -0.25) is 4.79 Å². The minimum atomic E-state index is -0.527. The molecule has 0 aliphatic heterocycles. The molecule has 0 spiro atoms. The zero-order valence-electron chi connectivity index (χ0n) is 13.5. The van der Waals surface area contributed by atoms with Gasteiger partial charge in [0.2, 0.25) is 6.41 Å². The van der Waals surface area contributed by atoms with Crippen molar-refractivity contribution < 1.29 is 14.3 Å². The van der Waals surface area contributed by atoms with Crippen molar-refractivity contribution in [1.82, 2.24) is 10.3 Å². The molecule has 6 nitrogen and oxygen atoms in total. The molecule has 0 radical (unpaired) electrons. The van der Waals surface area contributed by atoms with Gasteiger partial charge in [0, 0.05) is 30.2 Å². The Morgan fingerprint density at radius 2 is 2.00 bits per heavy atom. The predicted octanol–water partition coefficient (Wildman–Crippen LogP) is 2.80. The summed E-state index contributed by atoms with van der Waals surface area (Å²) in [6.45, 7) is 5.59. The fourth-order valence-corrected chi connectivity index (χ4v) is 1.94. The number of rotatable bonds is 5. The lowest BCUT2D eigenvalue weighted by atomic mass is 10.1. The van der Waals surface area contributed by atoms with Gasteiger partial charge in [-0.25, -0.2) is 14.8 Å². The fourth-order valence-electron chi connectivity index (χ4n) is 1.75. The first kappa shape index (κ1) is 18.3. The normalized spacial score (nSPS) is 11.2. The number of carbonyl (C=O) groups excluding carboxylic acids is 2. The van der Waals surface area contributed by atoms with E-state index in [1.54, 1.807) is 37.3 Å². The smallest absolute Gasteiger partial charge is 0.407 e. The van der Waals surface area contributed by atoms with E-state index in [1.807, 2.05) is 20.8 Å². The molecule has 1 aromatic rings. The van der Waals surface area contributed by atoms with Crippen LogP contribution in [0, 0.1) is 0 Å². The van der Waals surface area contributed by atoms with Crippen molar-refractivity contribution in [3.63, 3.8) is 0 Å². The van der Waals surface area contributed by atoms with Crippen molar-refractivity contribution in [2.75, 3.05) is 19.1 Å². The fraction of sp³-hybridized carbons (Fsp3) is 0.467. The summed E-state index contributed by atoms with van der Waals surface area (Å²) in [7, 11) is 3.47. The first-order chi connectivity index (χ1) is 10.1. The van der Waals surface area contributed by atoms with Crippen molar-refractivity contribution in [3.8, 4) is 0 Å². The number of hydrogen-bond donors (Lipinski definition) is 1. The quantitative estimate of drug-likeness (QED) is 0.667. The van der Waals surface area contributed by atoms with E-state index in [4.69, 9.17) is 16.3 Å². The molecule has 22 heavy (non-hydrogen) atoms. The van der Waals surface area contributed by atoms with Gasteiger partial charge in [0.15, 0.2) is 0 Å². The van der Waals surface area contributed by atoms with Gasteiger partial charge < -0.3 is 10.1 Å². The van der Waals surface area contributed by atoms with E-state index >= 15 is 0 Å². The zero-order valence-corrected chi connectivity index (χ0v) is 14.3. The molecule has 1 rings (SSSR count). The largest absolute Gasteiger partial charge is 0.445 e. The Hall–Kier alpha value is -1.79. The summed E-state index contributed by atoms with van der Waals surface area (Å²) >= 11 is 5.99. The molecular weight excluding hydrogens is 306 g/mol. The summed E-state index contributed by atoms with van der Waals surface area (Å²) in [5.41, 5.74) is 0.859. The number of nitrogens with one attached hydrogen (secondary N) is 1. The Bertz CT molecular complexity index is 541. The van der Waals surface area contributed by atoms with Gasteiger partial charge in [0.1, 0.15) is 6.61 Å². The number of hydrazine groups is 1. The van der Waals surface area contributed by atoms with Gasteiger partial charge in [-0.1, -0.05) is 11.6 Å². The molecule has 122 valence electrons. The van der Waals surface area contributed by atoms with Gasteiger partial charge in [0.05, 0.1) is 5.69 Å². The molecule has 0 heterocycles. The summed E-state index contributed by atoms with van der Waals surface area (Å²) in [5, 5.41) is 6.22. The van der Waals surface area contributed by atoms with Crippen LogP contribution in [0.1, 0.15) is 26.3 Å². The number of carbonyl (C=O) groups is 2. The van der Waals surface area contributed by atoms with E-state index in [-0.39, 0.29) is 12.1 Å². The molecular formula is C15H22ClN3O3. The number of amides is 2. The third-order valence-corrected chi connectivity index (χ3v) is 2.89. The number of halogens is 1. The van der Waals surface area contributed by atoms with Crippen LogP contribution in [0.25, 0.3) is 0 Å². The highest BCUT2D eigenvalue weighted by atomic mass is 35.5. The van der Waals surface area contributed by atoms with Crippen LogP contribution in [0.2, 0.25) is 5.02 Å². The second-order valence-electron chi connectivity index (χ2n) is 6.02. The molecule has 1 N–H and O–H groups in total. The van der Waals surface area contributed by atoms with Crippen LogP contribution >= 0.6 is 11.6 Å². The van der Waals surface area contributed by atoms with Crippen molar-refractivity contribution in [1.29, 1.82) is 0 Å². The summed E-state index contributed by atoms with van der Waals surface area (Å²) in [6.07, 6.45) is 0.156. The molecule has 0 unspecified atom stereocenters. The molecule has 0 saturated heterocycles. The molecule has 7 heteroatoms. The van der Waals surface area contributed by atoms with Crippen molar-refractivity contribution in [2.24, 2.45) is 0 Å². The molecule has 0 fully saturated rings. The predicted molar refractivity (Wildman–Crippen MR) is 86.8 cm³/mol. The van der Waals surface area contributed by atoms with E-state index in [0.29, 0.717) is 22.7 Å². The summed E-state index contributed by atoms with van der Waals surface area (Å²) in [6, 6.07) is 5.05. The number of ether oxygens (including phenoxy) is 1. The minimum absolute atomic E-state index is 0.00991. The van der Waals surface area contributed by atoms with Crippen LogP contribution in [0.5, 0.6) is 0 Å². The van der Waals surface area contributed by atoms with Gasteiger partial charge in [-0.2, -0.15) is 0 Å².